The molecule has 0 aliphatic heterocycles. The first-order valence-corrected chi connectivity index (χ1v) is 10.7. The van der Waals surface area contributed by atoms with Crippen molar-refractivity contribution >= 4 is 5.97 Å². The van der Waals surface area contributed by atoms with Crippen LogP contribution in [-0.4, -0.2) is 34.3 Å². The van der Waals surface area contributed by atoms with Crippen molar-refractivity contribution in [1.82, 2.24) is 9.78 Å². The van der Waals surface area contributed by atoms with Gasteiger partial charge in [0.05, 0.1) is 35.5 Å². The quantitative estimate of drug-likeness (QED) is 0.214. The first kappa shape index (κ1) is 22.7. The maximum absolute atomic E-state index is 13.0. The highest BCUT2D eigenvalue weighted by Gasteiger charge is 2.31. The van der Waals surface area contributed by atoms with Crippen LogP contribution >= 0.6 is 0 Å². The monoisotopic (exact) mass is 457 g/mol. The lowest BCUT2D eigenvalue weighted by Gasteiger charge is -2.16. The average Bonchev–Trinajstić information content (AvgIpc) is 3.19. The summed E-state index contributed by atoms with van der Waals surface area (Å²) < 4.78 is 12.6. The topological polar surface area (TPSA) is 96.5 Å². The van der Waals surface area contributed by atoms with E-state index < -0.39 is 18.4 Å². The second-order valence-electron chi connectivity index (χ2n) is 7.65. The summed E-state index contributed by atoms with van der Waals surface area (Å²) in [6.07, 6.45) is 0. The number of nitro groups is 1. The molecule has 4 aromatic rings. The normalized spacial score (nSPS) is 11.6. The van der Waals surface area contributed by atoms with Gasteiger partial charge in [-0.25, -0.2) is 9.48 Å². The van der Waals surface area contributed by atoms with Crippen LogP contribution in [0, 0.1) is 17.0 Å². The zero-order valence-electron chi connectivity index (χ0n) is 18.8. The molecule has 0 unspecified atom stereocenters. The van der Waals surface area contributed by atoms with Gasteiger partial charge in [0.25, 0.3) is 0 Å². The van der Waals surface area contributed by atoms with Gasteiger partial charge in [0, 0.05) is 4.92 Å². The summed E-state index contributed by atoms with van der Waals surface area (Å²) >= 11 is 0. The van der Waals surface area contributed by atoms with Gasteiger partial charge in [-0.15, -0.1) is 0 Å². The van der Waals surface area contributed by atoms with Gasteiger partial charge in [0.2, 0.25) is 12.4 Å². The second-order valence-corrected chi connectivity index (χ2v) is 7.65. The van der Waals surface area contributed by atoms with Crippen molar-refractivity contribution in [3.63, 3.8) is 0 Å². The van der Waals surface area contributed by atoms with E-state index in [1.165, 1.54) is 4.68 Å². The molecule has 0 bridgehead atoms. The summed E-state index contributed by atoms with van der Waals surface area (Å²) in [4.78, 5) is 24.3. The number of nitrogens with zero attached hydrogens (tertiary/aromatic N) is 3. The molecule has 1 atom stereocenters. The number of rotatable bonds is 8. The van der Waals surface area contributed by atoms with E-state index in [9.17, 15) is 14.9 Å². The highest BCUT2D eigenvalue weighted by atomic mass is 16.6. The number of methoxy groups -OCH3 is 1. The Balaban J connectivity index is 1.87. The Morgan fingerprint density at radius 1 is 1.00 bits per heavy atom. The van der Waals surface area contributed by atoms with Crippen molar-refractivity contribution in [3.8, 4) is 17.3 Å². The fraction of sp³-hybridized carbons (Fsp3) is 0.154. The third-order valence-electron chi connectivity index (χ3n) is 5.46. The van der Waals surface area contributed by atoms with Gasteiger partial charge in [-0.05, 0) is 48.9 Å². The molecule has 8 heteroatoms. The number of hydrogen-bond acceptors (Lipinski definition) is 6. The number of aryl methyl sites for hydroxylation is 1. The molecule has 0 saturated heterocycles. The van der Waals surface area contributed by atoms with Crippen LogP contribution in [0.4, 0.5) is 0 Å². The first-order valence-electron chi connectivity index (χ1n) is 10.7. The average molecular weight is 457 g/mol. The number of aromatic nitrogens is 2. The zero-order chi connectivity index (χ0) is 24.1. The van der Waals surface area contributed by atoms with E-state index in [0.717, 1.165) is 0 Å². The Labute approximate surface area is 196 Å². The summed E-state index contributed by atoms with van der Waals surface area (Å²) in [6, 6.07) is 24.8. The van der Waals surface area contributed by atoms with Gasteiger partial charge in [-0.3, -0.25) is 10.1 Å². The molecule has 172 valence electrons. The second kappa shape index (κ2) is 9.99. The fourth-order valence-corrected chi connectivity index (χ4v) is 3.83. The fourth-order valence-electron chi connectivity index (χ4n) is 3.83. The predicted octanol–water partition coefficient (Wildman–Crippen LogP) is 4.82. The van der Waals surface area contributed by atoms with E-state index in [1.807, 2.05) is 30.3 Å². The van der Waals surface area contributed by atoms with E-state index >= 15 is 0 Å². The third kappa shape index (κ3) is 4.80. The zero-order valence-corrected chi connectivity index (χ0v) is 18.8. The summed E-state index contributed by atoms with van der Waals surface area (Å²) in [7, 11) is 1.55. The highest BCUT2D eigenvalue weighted by molar-refractivity contribution is 5.91. The van der Waals surface area contributed by atoms with Crippen molar-refractivity contribution in [1.29, 1.82) is 0 Å². The van der Waals surface area contributed by atoms with E-state index in [1.54, 1.807) is 68.6 Å². The predicted molar refractivity (Wildman–Crippen MR) is 126 cm³/mol. The van der Waals surface area contributed by atoms with Gasteiger partial charge in [-0.2, -0.15) is 5.10 Å². The van der Waals surface area contributed by atoms with Gasteiger partial charge in [0.15, 0.2) is 0 Å². The smallest absolute Gasteiger partial charge is 0.344 e. The van der Waals surface area contributed by atoms with Crippen molar-refractivity contribution in [3.05, 3.63) is 117 Å². The lowest BCUT2D eigenvalue weighted by atomic mass is 9.91. The molecule has 34 heavy (non-hydrogen) atoms. The minimum Gasteiger partial charge on any atom is -0.497 e. The molecule has 0 aliphatic rings. The minimum absolute atomic E-state index is 0.153. The number of esters is 1. The van der Waals surface area contributed by atoms with Crippen LogP contribution in [0.1, 0.15) is 33.1 Å². The number of ether oxygens (including phenoxy) is 2. The van der Waals surface area contributed by atoms with E-state index in [2.05, 4.69) is 5.10 Å². The summed E-state index contributed by atoms with van der Waals surface area (Å²) in [6.45, 7) is 1.36. The largest absolute Gasteiger partial charge is 0.497 e. The number of para-hydroxylation sites is 1. The van der Waals surface area contributed by atoms with Crippen molar-refractivity contribution in [2.75, 3.05) is 13.7 Å². The molecule has 0 saturated carbocycles. The lowest BCUT2D eigenvalue weighted by molar-refractivity contribution is -0.481. The SMILES string of the molecule is COc1ccc([C@H](C[N+](=O)[O-])c2c(C)nn(-c3ccccc3)c2OC(=O)c2ccccc2)cc1. The van der Waals surface area contributed by atoms with Crippen molar-refractivity contribution in [2.24, 2.45) is 0 Å². The number of carbonyl (C=O) groups is 1. The molecule has 3 aromatic carbocycles. The van der Waals surface area contributed by atoms with Gasteiger partial charge in [-0.1, -0.05) is 48.5 Å². The minimum atomic E-state index is -0.697. The molecule has 4 rings (SSSR count). The Kier molecular flexibility index (Phi) is 6.68. The molecule has 0 radical (unpaired) electrons. The Bertz CT molecular complexity index is 1290. The van der Waals surface area contributed by atoms with Crippen LogP contribution in [0.5, 0.6) is 11.6 Å². The third-order valence-corrected chi connectivity index (χ3v) is 5.46. The van der Waals surface area contributed by atoms with Crippen LogP contribution in [0.25, 0.3) is 5.69 Å². The van der Waals surface area contributed by atoms with Crippen molar-refractivity contribution in [2.45, 2.75) is 12.8 Å². The van der Waals surface area contributed by atoms with E-state index in [-0.39, 0.29) is 10.8 Å². The molecular weight excluding hydrogens is 434 g/mol. The molecule has 8 nitrogen and oxygen atoms in total. The molecule has 0 amide bonds. The highest BCUT2D eigenvalue weighted by Crippen LogP contribution is 2.37. The van der Waals surface area contributed by atoms with Crippen LogP contribution < -0.4 is 9.47 Å². The van der Waals surface area contributed by atoms with Gasteiger partial charge < -0.3 is 9.47 Å². The number of benzene rings is 3. The molecule has 0 spiro atoms. The standard InChI is InChI=1S/C26H23N3O5/c1-18-24(23(17-28(31)32)19-13-15-22(33-2)16-14-19)25(29(27-18)21-11-7-4-8-12-21)34-26(30)20-9-5-3-6-10-20/h3-16,23H,17H2,1-2H3/t23-/m0/s1. The molecule has 0 fully saturated rings. The van der Waals surface area contributed by atoms with Crippen LogP contribution in [0.2, 0.25) is 0 Å². The summed E-state index contributed by atoms with van der Waals surface area (Å²) in [5, 5.41) is 16.3. The molecule has 1 aromatic heterocycles. The lowest BCUT2D eigenvalue weighted by Crippen LogP contribution is -2.18. The van der Waals surface area contributed by atoms with Crippen LogP contribution in [0.15, 0.2) is 84.9 Å². The first-order chi connectivity index (χ1) is 16.5. The van der Waals surface area contributed by atoms with E-state index in [4.69, 9.17) is 9.47 Å². The maximum Gasteiger partial charge on any atom is 0.344 e. The number of hydrogen-bond donors (Lipinski definition) is 0. The summed E-state index contributed by atoms with van der Waals surface area (Å²) in [5.74, 6) is -0.485. The molecule has 0 aliphatic carbocycles. The Hall–Kier alpha value is -4.46. The van der Waals surface area contributed by atoms with Crippen LogP contribution in [-0.2, 0) is 0 Å². The molecule has 0 N–H and O–H groups in total. The van der Waals surface area contributed by atoms with E-state index in [0.29, 0.717) is 33.8 Å². The van der Waals surface area contributed by atoms with Crippen molar-refractivity contribution < 1.29 is 19.2 Å². The Morgan fingerprint density at radius 2 is 1.62 bits per heavy atom. The Morgan fingerprint density at radius 3 is 2.21 bits per heavy atom. The maximum atomic E-state index is 13.0. The number of carbonyl (C=O) groups excluding carboxylic acids is 1. The van der Waals surface area contributed by atoms with Gasteiger partial charge in [0.1, 0.15) is 5.75 Å². The molecule has 1 heterocycles. The van der Waals surface area contributed by atoms with Crippen LogP contribution in [0.3, 0.4) is 0 Å². The summed E-state index contributed by atoms with van der Waals surface area (Å²) in [5.41, 5.74) is 2.73. The van der Waals surface area contributed by atoms with Gasteiger partial charge >= 0.3 is 5.97 Å². The molecular formula is C26H23N3O5.